The second kappa shape index (κ2) is 11.4. The smallest absolute Gasteiger partial charge is 0.234 e. The van der Waals surface area contributed by atoms with Gasteiger partial charge in [-0.3, -0.25) is 9.59 Å². The molecule has 21 heavy (non-hydrogen) atoms. The van der Waals surface area contributed by atoms with Crippen LogP contribution >= 0.6 is 24.2 Å². The van der Waals surface area contributed by atoms with E-state index in [1.54, 1.807) is 0 Å². The van der Waals surface area contributed by atoms with Gasteiger partial charge in [0, 0.05) is 12.2 Å². The molecule has 0 heterocycles. The first-order chi connectivity index (χ1) is 9.61. The summed E-state index contributed by atoms with van der Waals surface area (Å²) in [5.74, 6) is 0.379. The van der Waals surface area contributed by atoms with Crippen LogP contribution in [0.2, 0.25) is 0 Å². The highest BCUT2D eigenvalue weighted by Crippen LogP contribution is 2.09. The number of anilines is 1. The predicted octanol–water partition coefficient (Wildman–Crippen LogP) is 1.55. The van der Waals surface area contributed by atoms with E-state index in [1.807, 2.05) is 31.2 Å². The molecule has 0 saturated carbocycles. The molecule has 0 saturated heterocycles. The van der Waals surface area contributed by atoms with Gasteiger partial charge in [0.1, 0.15) is 0 Å². The van der Waals surface area contributed by atoms with Crippen molar-refractivity contribution in [2.45, 2.75) is 13.3 Å². The molecule has 7 heteroatoms. The van der Waals surface area contributed by atoms with Gasteiger partial charge in [-0.15, -0.1) is 24.2 Å². The fraction of sp³-hybridized carbons (Fsp3) is 0.429. The number of benzene rings is 1. The minimum atomic E-state index is -0.103. The molecular formula is C14H22ClN3O2S. The van der Waals surface area contributed by atoms with Gasteiger partial charge >= 0.3 is 0 Å². The van der Waals surface area contributed by atoms with Crippen molar-refractivity contribution >= 4 is 41.7 Å². The van der Waals surface area contributed by atoms with Crippen molar-refractivity contribution in [2.24, 2.45) is 5.73 Å². The summed E-state index contributed by atoms with van der Waals surface area (Å²) >= 11 is 1.29. The highest BCUT2D eigenvalue weighted by Gasteiger charge is 2.05. The summed E-state index contributed by atoms with van der Waals surface area (Å²) in [5.41, 5.74) is 7.24. The topological polar surface area (TPSA) is 84.2 Å². The Bertz CT molecular complexity index is 440. The zero-order valence-electron chi connectivity index (χ0n) is 12.1. The van der Waals surface area contributed by atoms with Crippen molar-refractivity contribution in [1.82, 2.24) is 5.32 Å². The predicted molar refractivity (Wildman–Crippen MR) is 91.1 cm³/mol. The maximum Gasteiger partial charge on any atom is 0.234 e. The van der Waals surface area contributed by atoms with Crippen LogP contribution in [0.1, 0.15) is 12.0 Å². The van der Waals surface area contributed by atoms with Crippen LogP contribution in [0, 0.1) is 6.92 Å². The molecule has 2 amide bonds. The Morgan fingerprint density at radius 1 is 1.14 bits per heavy atom. The third kappa shape index (κ3) is 9.33. The Morgan fingerprint density at radius 3 is 2.38 bits per heavy atom. The van der Waals surface area contributed by atoms with Gasteiger partial charge in [0.2, 0.25) is 11.8 Å². The van der Waals surface area contributed by atoms with Crippen molar-refractivity contribution in [1.29, 1.82) is 0 Å². The number of carbonyl (C=O) groups excluding carboxylic acids is 2. The highest BCUT2D eigenvalue weighted by molar-refractivity contribution is 8.00. The standard InChI is InChI=1S/C14H21N3O2S.ClH/c1-11-3-5-12(6-4-11)17-14(19)10-20-9-13(18)16-8-2-7-15;/h3-6H,2,7-10,15H2,1H3,(H,16,18)(H,17,19);1H. The van der Waals surface area contributed by atoms with E-state index in [2.05, 4.69) is 10.6 Å². The molecule has 0 aliphatic rings. The zero-order valence-corrected chi connectivity index (χ0v) is 13.7. The molecule has 0 bridgehead atoms. The van der Waals surface area contributed by atoms with Crippen molar-refractivity contribution in [3.8, 4) is 0 Å². The molecule has 1 aromatic rings. The summed E-state index contributed by atoms with van der Waals surface area (Å²) in [4.78, 5) is 23.0. The fourth-order valence-corrected chi connectivity index (χ4v) is 2.10. The van der Waals surface area contributed by atoms with Crippen molar-refractivity contribution in [2.75, 3.05) is 29.9 Å². The third-order valence-corrected chi connectivity index (χ3v) is 3.44. The molecule has 0 aromatic heterocycles. The van der Waals surface area contributed by atoms with E-state index in [4.69, 9.17) is 5.73 Å². The normalized spacial score (nSPS) is 9.62. The van der Waals surface area contributed by atoms with E-state index in [0.29, 0.717) is 13.1 Å². The van der Waals surface area contributed by atoms with Gasteiger partial charge in [0.15, 0.2) is 0 Å². The van der Waals surface area contributed by atoms with E-state index in [9.17, 15) is 9.59 Å². The average Bonchev–Trinajstić information content (AvgIpc) is 2.42. The second-order valence-corrected chi connectivity index (χ2v) is 5.38. The van der Waals surface area contributed by atoms with Crippen LogP contribution in [-0.4, -0.2) is 36.4 Å². The monoisotopic (exact) mass is 331 g/mol. The molecular weight excluding hydrogens is 310 g/mol. The molecule has 1 aromatic carbocycles. The molecule has 5 nitrogen and oxygen atoms in total. The lowest BCUT2D eigenvalue weighted by molar-refractivity contribution is -0.118. The number of rotatable bonds is 8. The number of thioether (sulfide) groups is 1. The minimum absolute atomic E-state index is 0. The van der Waals surface area contributed by atoms with Crippen LogP contribution in [-0.2, 0) is 9.59 Å². The first-order valence-corrected chi connectivity index (χ1v) is 7.68. The van der Waals surface area contributed by atoms with Gasteiger partial charge < -0.3 is 16.4 Å². The Morgan fingerprint density at radius 2 is 1.76 bits per heavy atom. The number of hydrogen-bond donors (Lipinski definition) is 3. The molecule has 0 spiro atoms. The first kappa shape index (κ1) is 19.8. The SMILES string of the molecule is Cc1ccc(NC(=O)CSCC(=O)NCCCN)cc1.Cl. The molecule has 0 aliphatic heterocycles. The van der Waals surface area contributed by atoms with Gasteiger partial charge in [-0.2, -0.15) is 0 Å². The average molecular weight is 332 g/mol. The lowest BCUT2D eigenvalue weighted by Crippen LogP contribution is -2.28. The number of carbonyl (C=O) groups is 2. The van der Waals surface area contributed by atoms with Crippen LogP contribution in [0.3, 0.4) is 0 Å². The van der Waals surface area contributed by atoms with Crippen LogP contribution in [0.15, 0.2) is 24.3 Å². The molecule has 0 unspecified atom stereocenters. The number of halogens is 1. The largest absolute Gasteiger partial charge is 0.355 e. The van der Waals surface area contributed by atoms with Gasteiger partial charge in [-0.05, 0) is 32.0 Å². The summed E-state index contributed by atoms with van der Waals surface area (Å²) in [6.07, 6.45) is 0.768. The minimum Gasteiger partial charge on any atom is -0.355 e. The van der Waals surface area contributed by atoms with Crippen LogP contribution in [0.25, 0.3) is 0 Å². The summed E-state index contributed by atoms with van der Waals surface area (Å²) in [6.45, 7) is 3.14. The van der Waals surface area contributed by atoms with Gasteiger partial charge in [-0.25, -0.2) is 0 Å². The van der Waals surface area contributed by atoms with Crippen molar-refractivity contribution in [3.63, 3.8) is 0 Å². The highest BCUT2D eigenvalue weighted by atomic mass is 35.5. The second-order valence-electron chi connectivity index (χ2n) is 4.40. The van der Waals surface area contributed by atoms with Crippen molar-refractivity contribution < 1.29 is 9.59 Å². The molecule has 1 rings (SSSR count). The van der Waals surface area contributed by atoms with E-state index >= 15 is 0 Å². The number of nitrogens with two attached hydrogens (primary N) is 1. The molecule has 0 atom stereocenters. The zero-order chi connectivity index (χ0) is 14.8. The summed E-state index contributed by atoms with van der Waals surface area (Å²) in [5, 5.41) is 5.53. The lowest BCUT2D eigenvalue weighted by Gasteiger charge is -2.06. The number of amides is 2. The Hall–Kier alpha value is -1.24. The maximum atomic E-state index is 11.7. The van der Waals surface area contributed by atoms with Crippen molar-refractivity contribution in [3.05, 3.63) is 29.8 Å². The van der Waals surface area contributed by atoms with E-state index in [1.165, 1.54) is 11.8 Å². The summed E-state index contributed by atoms with van der Waals surface area (Å²) in [6, 6.07) is 7.59. The first-order valence-electron chi connectivity index (χ1n) is 6.53. The van der Waals surface area contributed by atoms with E-state index in [-0.39, 0.29) is 35.7 Å². The Labute approximate surface area is 135 Å². The molecule has 0 radical (unpaired) electrons. The van der Waals surface area contributed by atoms with Crippen LogP contribution in [0.4, 0.5) is 5.69 Å². The van der Waals surface area contributed by atoms with Gasteiger partial charge in [0.05, 0.1) is 11.5 Å². The van der Waals surface area contributed by atoms with Gasteiger partial charge in [-0.1, -0.05) is 17.7 Å². The maximum absolute atomic E-state index is 11.7. The lowest BCUT2D eigenvalue weighted by atomic mass is 10.2. The number of hydrogen-bond acceptors (Lipinski definition) is 4. The number of nitrogens with one attached hydrogen (secondary N) is 2. The number of aryl methyl sites for hydroxylation is 1. The van der Waals surface area contributed by atoms with E-state index in [0.717, 1.165) is 17.7 Å². The van der Waals surface area contributed by atoms with Crippen LogP contribution < -0.4 is 16.4 Å². The Balaban J connectivity index is 0.00000400. The summed E-state index contributed by atoms with van der Waals surface area (Å²) < 4.78 is 0. The van der Waals surface area contributed by atoms with E-state index < -0.39 is 0 Å². The third-order valence-electron chi connectivity index (χ3n) is 2.50. The quantitative estimate of drug-likeness (QED) is 0.631. The molecule has 4 N–H and O–H groups in total. The van der Waals surface area contributed by atoms with Crippen LogP contribution in [0.5, 0.6) is 0 Å². The molecule has 0 fully saturated rings. The fourth-order valence-electron chi connectivity index (χ4n) is 1.45. The Kier molecular flexibility index (Phi) is 10.7. The van der Waals surface area contributed by atoms with Gasteiger partial charge in [0.25, 0.3) is 0 Å². The summed E-state index contributed by atoms with van der Waals surface area (Å²) in [7, 11) is 0. The molecule has 0 aliphatic carbocycles. The molecule has 118 valence electrons.